The van der Waals surface area contributed by atoms with E-state index in [1.807, 2.05) is 11.8 Å². The van der Waals surface area contributed by atoms with Crippen molar-refractivity contribution in [2.24, 2.45) is 4.99 Å². The number of rotatable bonds is 3. The van der Waals surface area contributed by atoms with Crippen LogP contribution in [-0.2, 0) is 6.42 Å². The Morgan fingerprint density at radius 2 is 2.27 bits per heavy atom. The van der Waals surface area contributed by atoms with Crippen LogP contribution in [0.1, 0.15) is 24.0 Å². The van der Waals surface area contributed by atoms with Crippen LogP contribution in [0.3, 0.4) is 0 Å². The standard InChI is InChI=1S/C13H17NS/c1-11-4-2-5-12(10-11)6-7-13-14-8-3-9-15-13/h2,4-5,10H,3,6-9H2,1H3. The summed E-state index contributed by atoms with van der Waals surface area (Å²) in [4.78, 5) is 4.55. The van der Waals surface area contributed by atoms with Gasteiger partial charge in [-0.2, -0.15) is 0 Å². The Kier molecular flexibility index (Phi) is 3.84. The summed E-state index contributed by atoms with van der Waals surface area (Å²) in [5, 5.41) is 1.35. The van der Waals surface area contributed by atoms with Gasteiger partial charge in [-0.15, -0.1) is 11.8 Å². The molecule has 15 heavy (non-hydrogen) atoms. The van der Waals surface area contributed by atoms with Gasteiger partial charge in [0.1, 0.15) is 0 Å². The van der Waals surface area contributed by atoms with Crippen LogP contribution in [0.25, 0.3) is 0 Å². The average molecular weight is 219 g/mol. The third-order valence-corrected chi connectivity index (χ3v) is 3.73. The van der Waals surface area contributed by atoms with E-state index in [2.05, 4.69) is 36.2 Å². The first-order valence-corrected chi connectivity index (χ1v) is 6.55. The minimum absolute atomic E-state index is 1.04. The van der Waals surface area contributed by atoms with Crippen LogP contribution in [0.2, 0.25) is 0 Å². The molecule has 1 heterocycles. The molecular weight excluding hydrogens is 202 g/mol. The fourth-order valence-corrected chi connectivity index (χ4v) is 2.71. The second kappa shape index (κ2) is 5.36. The van der Waals surface area contributed by atoms with Crippen LogP contribution < -0.4 is 0 Å². The Morgan fingerprint density at radius 3 is 3.00 bits per heavy atom. The molecule has 0 aromatic heterocycles. The summed E-state index contributed by atoms with van der Waals surface area (Å²) in [5.74, 6) is 1.26. The molecule has 0 saturated carbocycles. The van der Waals surface area contributed by atoms with Gasteiger partial charge in [0, 0.05) is 12.3 Å². The zero-order valence-corrected chi connectivity index (χ0v) is 10.0. The molecule has 0 saturated heterocycles. The summed E-state index contributed by atoms with van der Waals surface area (Å²) in [7, 11) is 0. The maximum absolute atomic E-state index is 4.55. The molecule has 1 aromatic carbocycles. The lowest BCUT2D eigenvalue weighted by atomic mass is 10.1. The van der Waals surface area contributed by atoms with Crippen molar-refractivity contribution >= 4 is 16.8 Å². The summed E-state index contributed by atoms with van der Waals surface area (Å²) in [6.45, 7) is 3.19. The van der Waals surface area contributed by atoms with Crippen molar-refractivity contribution in [1.29, 1.82) is 0 Å². The Labute approximate surface area is 96.0 Å². The molecule has 1 aliphatic rings. The van der Waals surface area contributed by atoms with Crippen LogP contribution in [0.15, 0.2) is 29.3 Å². The van der Waals surface area contributed by atoms with E-state index in [1.165, 1.54) is 28.3 Å². The van der Waals surface area contributed by atoms with Gasteiger partial charge in [-0.3, -0.25) is 4.99 Å². The molecule has 0 fully saturated rings. The molecule has 0 aliphatic carbocycles. The van der Waals surface area contributed by atoms with Gasteiger partial charge in [-0.25, -0.2) is 0 Å². The van der Waals surface area contributed by atoms with Gasteiger partial charge in [0.2, 0.25) is 0 Å². The number of hydrogen-bond acceptors (Lipinski definition) is 2. The number of thioether (sulfide) groups is 1. The van der Waals surface area contributed by atoms with Gasteiger partial charge in [-0.05, 0) is 31.7 Å². The Hall–Kier alpha value is -0.760. The van der Waals surface area contributed by atoms with E-state index in [0.717, 1.165) is 19.4 Å². The second-order valence-corrected chi connectivity index (χ2v) is 5.13. The fourth-order valence-electron chi connectivity index (χ4n) is 1.77. The van der Waals surface area contributed by atoms with Crippen LogP contribution >= 0.6 is 11.8 Å². The predicted molar refractivity (Wildman–Crippen MR) is 68.9 cm³/mol. The summed E-state index contributed by atoms with van der Waals surface area (Å²) in [6.07, 6.45) is 3.50. The minimum atomic E-state index is 1.04. The lowest BCUT2D eigenvalue weighted by Gasteiger charge is -2.11. The fraction of sp³-hybridized carbons (Fsp3) is 0.462. The number of aliphatic imine (C=N–C) groups is 1. The highest BCUT2D eigenvalue weighted by molar-refractivity contribution is 8.14. The highest BCUT2D eigenvalue weighted by Crippen LogP contribution is 2.17. The SMILES string of the molecule is Cc1cccc(CCC2=NCCCS2)c1. The molecule has 80 valence electrons. The maximum atomic E-state index is 4.55. The quantitative estimate of drug-likeness (QED) is 0.758. The number of benzene rings is 1. The summed E-state index contributed by atoms with van der Waals surface area (Å²) >= 11 is 1.94. The zero-order valence-electron chi connectivity index (χ0n) is 9.20. The topological polar surface area (TPSA) is 12.4 Å². The Morgan fingerprint density at radius 1 is 1.33 bits per heavy atom. The third kappa shape index (κ3) is 3.38. The average Bonchev–Trinajstić information content (AvgIpc) is 2.28. The highest BCUT2D eigenvalue weighted by atomic mass is 32.2. The molecule has 0 N–H and O–H groups in total. The third-order valence-electron chi connectivity index (χ3n) is 2.57. The Bertz CT molecular complexity index is 357. The Balaban J connectivity index is 1.90. The molecular formula is C13H17NS. The zero-order chi connectivity index (χ0) is 10.5. The molecule has 0 spiro atoms. The van der Waals surface area contributed by atoms with Crippen LogP contribution in [0, 0.1) is 6.92 Å². The summed E-state index contributed by atoms with van der Waals surface area (Å²) in [6, 6.07) is 8.77. The van der Waals surface area contributed by atoms with Gasteiger partial charge in [-0.1, -0.05) is 29.8 Å². The largest absolute Gasteiger partial charge is 0.283 e. The van der Waals surface area contributed by atoms with Crippen LogP contribution in [0.4, 0.5) is 0 Å². The van der Waals surface area contributed by atoms with E-state index >= 15 is 0 Å². The summed E-state index contributed by atoms with van der Waals surface area (Å²) < 4.78 is 0. The van der Waals surface area contributed by atoms with Crippen molar-refractivity contribution in [2.75, 3.05) is 12.3 Å². The molecule has 2 heteroatoms. The van der Waals surface area contributed by atoms with Crippen molar-refractivity contribution in [1.82, 2.24) is 0 Å². The summed E-state index contributed by atoms with van der Waals surface area (Å²) in [5.41, 5.74) is 2.79. The number of hydrogen-bond donors (Lipinski definition) is 0. The van der Waals surface area contributed by atoms with E-state index in [1.54, 1.807) is 0 Å². The monoisotopic (exact) mass is 219 g/mol. The van der Waals surface area contributed by atoms with E-state index in [0.29, 0.717) is 0 Å². The molecule has 1 aliphatic heterocycles. The van der Waals surface area contributed by atoms with Gasteiger partial charge in [0.25, 0.3) is 0 Å². The molecule has 2 rings (SSSR count). The lowest BCUT2D eigenvalue weighted by molar-refractivity contribution is 0.921. The van der Waals surface area contributed by atoms with Crippen molar-refractivity contribution < 1.29 is 0 Å². The molecule has 0 atom stereocenters. The molecule has 1 nitrogen and oxygen atoms in total. The van der Waals surface area contributed by atoms with Gasteiger partial charge >= 0.3 is 0 Å². The first-order chi connectivity index (χ1) is 7.34. The molecule has 0 bridgehead atoms. The van der Waals surface area contributed by atoms with Crippen molar-refractivity contribution in [3.05, 3.63) is 35.4 Å². The number of aryl methyl sites for hydroxylation is 2. The minimum Gasteiger partial charge on any atom is -0.283 e. The van der Waals surface area contributed by atoms with Crippen LogP contribution in [0.5, 0.6) is 0 Å². The van der Waals surface area contributed by atoms with Crippen molar-refractivity contribution in [3.63, 3.8) is 0 Å². The number of nitrogens with zero attached hydrogens (tertiary/aromatic N) is 1. The second-order valence-electron chi connectivity index (χ2n) is 3.97. The lowest BCUT2D eigenvalue weighted by Crippen LogP contribution is -2.04. The first-order valence-electron chi connectivity index (χ1n) is 5.56. The maximum Gasteiger partial charge on any atom is 0.0679 e. The smallest absolute Gasteiger partial charge is 0.0679 e. The van der Waals surface area contributed by atoms with E-state index in [4.69, 9.17) is 0 Å². The van der Waals surface area contributed by atoms with Gasteiger partial charge in [0.05, 0.1) is 5.04 Å². The molecule has 1 aromatic rings. The van der Waals surface area contributed by atoms with Crippen LogP contribution in [-0.4, -0.2) is 17.3 Å². The molecule has 0 amide bonds. The molecule has 0 radical (unpaired) electrons. The normalized spacial score (nSPS) is 16.2. The highest BCUT2D eigenvalue weighted by Gasteiger charge is 2.05. The predicted octanol–water partition coefficient (Wildman–Crippen LogP) is 3.46. The first kappa shape index (κ1) is 10.7. The van der Waals surface area contributed by atoms with E-state index in [-0.39, 0.29) is 0 Å². The van der Waals surface area contributed by atoms with Crippen molar-refractivity contribution in [2.45, 2.75) is 26.2 Å². The van der Waals surface area contributed by atoms with E-state index in [9.17, 15) is 0 Å². The van der Waals surface area contributed by atoms with E-state index < -0.39 is 0 Å². The van der Waals surface area contributed by atoms with Gasteiger partial charge < -0.3 is 0 Å². The molecule has 0 unspecified atom stereocenters. The van der Waals surface area contributed by atoms with Crippen molar-refractivity contribution in [3.8, 4) is 0 Å². The van der Waals surface area contributed by atoms with Gasteiger partial charge in [0.15, 0.2) is 0 Å².